The fraction of sp³-hybridized carbons (Fsp3) is 1.00. The summed E-state index contributed by atoms with van der Waals surface area (Å²) in [6, 6.07) is 0. The third-order valence-corrected chi connectivity index (χ3v) is 10.3. The number of hydrogen-bond donors (Lipinski definition) is 2. The van der Waals surface area contributed by atoms with Crippen molar-refractivity contribution in [1.82, 2.24) is 0 Å². The molecule has 0 radical (unpaired) electrons. The van der Waals surface area contributed by atoms with Gasteiger partial charge < -0.3 is 10.2 Å². The first kappa shape index (κ1) is 23.1. The van der Waals surface area contributed by atoms with Crippen molar-refractivity contribution in [2.45, 2.75) is 118 Å². The molecule has 10 atom stereocenters. The van der Waals surface area contributed by atoms with Gasteiger partial charge in [0.15, 0.2) is 0 Å². The number of fused-ring (bicyclic) bond motifs is 2. The second kappa shape index (κ2) is 8.36. The number of aliphatic hydroxyl groups is 2. The van der Waals surface area contributed by atoms with Crippen LogP contribution in [0.4, 0.5) is 0 Å². The van der Waals surface area contributed by atoms with Crippen LogP contribution in [-0.4, -0.2) is 22.4 Å². The van der Waals surface area contributed by atoms with Crippen molar-refractivity contribution in [1.29, 1.82) is 0 Å². The molecule has 0 amide bonds. The van der Waals surface area contributed by atoms with Gasteiger partial charge in [0.25, 0.3) is 0 Å². The van der Waals surface area contributed by atoms with Crippen molar-refractivity contribution in [3.05, 3.63) is 0 Å². The summed E-state index contributed by atoms with van der Waals surface area (Å²) >= 11 is 0. The SMILES string of the molecule is CC(C)(C)C1CC2CCCC[C@H]2C(C2C3CCCC[C@H]3C[C@@H](C(C)(C)C)C2O)C1O. The summed E-state index contributed by atoms with van der Waals surface area (Å²) in [5.41, 5.74) is 0.268. The van der Waals surface area contributed by atoms with E-state index in [9.17, 15) is 10.2 Å². The first-order valence-corrected chi connectivity index (χ1v) is 13.4. The minimum atomic E-state index is -0.245. The monoisotopic (exact) mass is 418 g/mol. The smallest absolute Gasteiger partial charge is 0.0608 e. The van der Waals surface area contributed by atoms with Gasteiger partial charge in [0, 0.05) is 0 Å². The van der Waals surface area contributed by atoms with Crippen LogP contribution in [0.3, 0.4) is 0 Å². The molecule has 0 bridgehead atoms. The van der Waals surface area contributed by atoms with Gasteiger partial charge in [0.1, 0.15) is 0 Å². The Bertz CT molecular complexity index is 532. The molecule has 0 aromatic carbocycles. The van der Waals surface area contributed by atoms with Crippen molar-refractivity contribution in [3.63, 3.8) is 0 Å². The molecule has 0 spiro atoms. The molecule has 4 fully saturated rings. The molecule has 4 aliphatic rings. The zero-order valence-electron chi connectivity index (χ0n) is 20.7. The Morgan fingerprint density at radius 2 is 0.867 bits per heavy atom. The summed E-state index contributed by atoms with van der Waals surface area (Å²) in [4.78, 5) is 0. The predicted molar refractivity (Wildman–Crippen MR) is 125 cm³/mol. The van der Waals surface area contributed by atoms with Crippen LogP contribution in [0.2, 0.25) is 0 Å². The van der Waals surface area contributed by atoms with E-state index < -0.39 is 0 Å². The molecular formula is C28H50O2. The lowest BCUT2D eigenvalue weighted by Crippen LogP contribution is -2.59. The lowest BCUT2D eigenvalue weighted by atomic mass is 9.47. The third-order valence-electron chi connectivity index (χ3n) is 10.3. The molecule has 2 heteroatoms. The molecule has 0 aromatic heterocycles. The van der Waals surface area contributed by atoms with E-state index in [1.807, 2.05) is 0 Å². The van der Waals surface area contributed by atoms with E-state index in [4.69, 9.17) is 0 Å². The van der Waals surface area contributed by atoms with Crippen LogP contribution in [0, 0.1) is 58.2 Å². The molecular weight excluding hydrogens is 368 g/mol. The molecule has 2 nitrogen and oxygen atoms in total. The van der Waals surface area contributed by atoms with Crippen molar-refractivity contribution in [2.75, 3.05) is 0 Å². The maximum atomic E-state index is 11.9. The van der Waals surface area contributed by atoms with Crippen LogP contribution in [-0.2, 0) is 0 Å². The highest BCUT2D eigenvalue weighted by Crippen LogP contribution is 2.59. The second-order valence-corrected chi connectivity index (χ2v) is 14.0. The molecule has 4 rings (SSSR count). The summed E-state index contributed by atoms with van der Waals surface area (Å²) in [7, 11) is 0. The Morgan fingerprint density at radius 1 is 0.533 bits per heavy atom. The number of aliphatic hydroxyl groups excluding tert-OH is 2. The van der Waals surface area contributed by atoms with Gasteiger partial charge in [-0.3, -0.25) is 0 Å². The van der Waals surface area contributed by atoms with E-state index >= 15 is 0 Å². The molecule has 0 aliphatic heterocycles. The Labute approximate surface area is 186 Å². The molecule has 2 N–H and O–H groups in total. The van der Waals surface area contributed by atoms with Crippen molar-refractivity contribution >= 4 is 0 Å². The number of hydrogen-bond acceptors (Lipinski definition) is 2. The van der Waals surface area contributed by atoms with E-state index in [2.05, 4.69) is 41.5 Å². The van der Waals surface area contributed by atoms with E-state index in [1.54, 1.807) is 0 Å². The molecule has 7 unspecified atom stereocenters. The van der Waals surface area contributed by atoms with Gasteiger partial charge in [-0.15, -0.1) is 0 Å². The maximum absolute atomic E-state index is 11.9. The van der Waals surface area contributed by atoms with E-state index in [0.717, 1.165) is 11.8 Å². The molecule has 0 heterocycles. The van der Waals surface area contributed by atoms with Gasteiger partial charge in [-0.1, -0.05) is 80.1 Å². The lowest BCUT2D eigenvalue weighted by Gasteiger charge is -2.59. The van der Waals surface area contributed by atoms with Crippen molar-refractivity contribution in [2.24, 2.45) is 58.2 Å². The van der Waals surface area contributed by atoms with Gasteiger partial charge in [0.2, 0.25) is 0 Å². The summed E-state index contributed by atoms with van der Waals surface area (Å²) < 4.78 is 0. The number of rotatable bonds is 1. The molecule has 0 aromatic rings. The van der Waals surface area contributed by atoms with Gasteiger partial charge in [0.05, 0.1) is 12.2 Å². The van der Waals surface area contributed by atoms with Crippen LogP contribution in [0.25, 0.3) is 0 Å². The fourth-order valence-electron chi connectivity index (χ4n) is 8.80. The average Bonchev–Trinajstić information content (AvgIpc) is 2.66. The zero-order chi connectivity index (χ0) is 21.8. The van der Waals surface area contributed by atoms with Crippen LogP contribution < -0.4 is 0 Å². The van der Waals surface area contributed by atoms with Crippen molar-refractivity contribution < 1.29 is 10.2 Å². The third kappa shape index (κ3) is 4.14. The summed E-state index contributed by atoms with van der Waals surface area (Å²) in [6.45, 7) is 14.0. The largest absolute Gasteiger partial charge is 0.393 e. The van der Waals surface area contributed by atoms with E-state index in [-0.39, 0.29) is 23.0 Å². The molecule has 4 aliphatic carbocycles. The lowest BCUT2D eigenvalue weighted by molar-refractivity contribution is -0.180. The van der Waals surface area contributed by atoms with Crippen LogP contribution >= 0.6 is 0 Å². The van der Waals surface area contributed by atoms with E-state index in [1.165, 1.54) is 64.2 Å². The minimum absolute atomic E-state index is 0.134. The summed E-state index contributed by atoms with van der Waals surface area (Å²) in [5, 5.41) is 23.9. The van der Waals surface area contributed by atoms with Gasteiger partial charge in [-0.2, -0.15) is 0 Å². The highest BCUT2D eigenvalue weighted by atomic mass is 16.3. The quantitative estimate of drug-likeness (QED) is 0.498. The molecule has 30 heavy (non-hydrogen) atoms. The van der Waals surface area contributed by atoms with Crippen molar-refractivity contribution in [3.8, 4) is 0 Å². The Hall–Kier alpha value is -0.0800. The topological polar surface area (TPSA) is 40.5 Å². The Kier molecular flexibility index (Phi) is 6.44. The van der Waals surface area contributed by atoms with Crippen LogP contribution in [0.15, 0.2) is 0 Å². The zero-order valence-corrected chi connectivity index (χ0v) is 20.7. The second-order valence-electron chi connectivity index (χ2n) is 14.0. The van der Waals surface area contributed by atoms with Crippen LogP contribution in [0.5, 0.6) is 0 Å². The standard InChI is InChI=1S/C28H50O2/c1-27(2,3)21-15-17-11-7-9-13-19(17)23(25(21)29)24-20-14-10-8-12-18(20)16-22(26(24)30)28(4,5)6/h17-26,29-30H,7-16H2,1-6H3/t17-,18?,19?,20+,21+,22?,23?,24?,25?,26?/m0/s1. The van der Waals surface area contributed by atoms with Gasteiger partial charge in [-0.25, -0.2) is 0 Å². The first-order chi connectivity index (χ1) is 14.0. The highest BCUT2D eigenvalue weighted by molar-refractivity contribution is 5.06. The van der Waals surface area contributed by atoms with Gasteiger partial charge in [-0.05, 0) is 83.9 Å². The fourth-order valence-corrected chi connectivity index (χ4v) is 8.80. The maximum Gasteiger partial charge on any atom is 0.0608 e. The van der Waals surface area contributed by atoms with Crippen LogP contribution in [0.1, 0.15) is 106 Å². The van der Waals surface area contributed by atoms with E-state index in [0.29, 0.717) is 35.5 Å². The highest BCUT2D eigenvalue weighted by Gasteiger charge is 2.57. The van der Waals surface area contributed by atoms with Gasteiger partial charge >= 0.3 is 0 Å². The molecule has 174 valence electrons. The Morgan fingerprint density at radius 3 is 1.20 bits per heavy atom. The normalized spacial score (nSPS) is 48.0. The molecule has 0 saturated heterocycles. The minimum Gasteiger partial charge on any atom is -0.393 e. The first-order valence-electron chi connectivity index (χ1n) is 13.4. The summed E-state index contributed by atoms with van der Waals surface area (Å²) in [6.07, 6.45) is 12.5. The average molecular weight is 419 g/mol. The Balaban J connectivity index is 1.74. The molecule has 4 saturated carbocycles. The summed E-state index contributed by atoms with van der Waals surface area (Å²) in [5.74, 6) is 4.14. The predicted octanol–water partition coefficient (Wildman–Crippen LogP) is 6.69.